The first-order valence-electron chi connectivity index (χ1n) is 8.64. The summed E-state index contributed by atoms with van der Waals surface area (Å²) < 4.78 is 0. The Kier molecular flexibility index (Phi) is 3.83. The SMILES string of the molecule is CCc1[nH]c2cccc(-c3cccc4ccccc34)c2c1CCN. The molecule has 3 N–H and O–H groups in total. The molecule has 2 heteroatoms. The highest BCUT2D eigenvalue weighted by atomic mass is 14.7. The third-order valence-electron chi connectivity index (χ3n) is 4.84. The molecule has 120 valence electrons. The molecule has 0 radical (unpaired) electrons. The predicted octanol–water partition coefficient (Wildman–Crippen LogP) is 5.05. The van der Waals surface area contributed by atoms with Gasteiger partial charge in [0.05, 0.1) is 0 Å². The van der Waals surface area contributed by atoms with Crippen molar-refractivity contribution in [1.82, 2.24) is 4.98 Å². The number of nitrogens with two attached hydrogens (primary N) is 1. The number of nitrogens with one attached hydrogen (secondary N) is 1. The maximum Gasteiger partial charge on any atom is 0.0465 e. The summed E-state index contributed by atoms with van der Waals surface area (Å²) in [6, 6.07) is 21.7. The van der Waals surface area contributed by atoms with Crippen molar-refractivity contribution in [3.63, 3.8) is 0 Å². The monoisotopic (exact) mass is 314 g/mol. The maximum absolute atomic E-state index is 5.90. The van der Waals surface area contributed by atoms with E-state index in [1.165, 1.54) is 44.1 Å². The molecule has 0 aliphatic rings. The van der Waals surface area contributed by atoms with Gasteiger partial charge in [-0.1, -0.05) is 61.5 Å². The van der Waals surface area contributed by atoms with Crippen LogP contribution in [0.1, 0.15) is 18.2 Å². The van der Waals surface area contributed by atoms with E-state index in [-0.39, 0.29) is 0 Å². The maximum atomic E-state index is 5.90. The van der Waals surface area contributed by atoms with Crippen LogP contribution in [0.2, 0.25) is 0 Å². The predicted molar refractivity (Wildman–Crippen MR) is 103 cm³/mol. The van der Waals surface area contributed by atoms with Crippen molar-refractivity contribution < 1.29 is 0 Å². The molecule has 1 aromatic heterocycles. The molecule has 0 bridgehead atoms. The lowest BCUT2D eigenvalue weighted by molar-refractivity contribution is 0.936. The van der Waals surface area contributed by atoms with Gasteiger partial charge in [0.15, 0.2) is 0 Å². The molecule has 0 spiro atoms. The smallest absolute Gasteiger partial charge is 0.0465 e. The summed E-state index contributed by atoms with van der Waals surface area (Å²) in [6.07, 6.45) is 1.91. The Morgan fingerprint density at radius 1 is 0.875 bits per heavy atom. The third kappa shape index (κ3) is 2.31. The summed E-state index contributed by atoms with van der Waals surface area (Å²) in [4.78, 5) is 3.60. The van der Waals surface area contributed by atoms with E-state index in [2.05, 4.69) is 72.6 Å². The summed E-state index contributed by atoms with van der Waals surface area (Å²) in [7, 11) is 0. The van der Waals surface area contributed by atoms with Gasteiger partial charge in [0.2, 0.25) is 0 Å². The fourth-order valence-corrected chi connectivity index (χ4v) is 3.78. The lowest BCUT2D eigenvalue weighted by Crippen LogP contribution is -2.04. The van der Waals surface area contributed by atoms with E-state index in [0.29, 0.717) is 6.54 Å². The molecule has 0 amide bonds. The highest BCUT2D eigenvalue weighted by molar-refractivity contribution is 6.06. The molecule has 0 unspecified atom stereocenters. The molecule has 0 aliphatic heterocycles. The van der Waals surface area contributed by atoms with Gasteiger partial charge in [-0.2, -0.15) is 0 Å². The lowest BCUT2D eigenvalue weighted by atomic mass is 9.93. The van der Waals surface area contributed by atoms with Gasteiger partial charge >= 0.3 is 0 Å². The largest absolute Gasteiger partial charge is 0.358 e. The lowest BCUT2D eigenvalue weighted by Gasteiger charge is -2.10. The van der Waals surface area contributed by atoms with E-state index in [1.54, 1.807) is 0 Å². The molecule has 2 nitrogen and oxygen atoms in total. The molecule has 1 heterocycles. The number of hydrogen-bond acceptors (Lipinski definition) is 1. The molecular weight excluding hydrogens is 292 g/mol. The van der Waals surface area contributed by atoms with Gasteiger partial charge in [-0.15, -0.1) is 0 Å². The van der Waals surface area contributed by atoms with E-state index < -0.39 is 0 Å². The van der Waals surface area contributed by atoms with Crippen LogP contribution in [-0.2, 0) is 12.8 Å². The second-order valence-electron chi connectivity index (χ2n) is 6.23. The molecule has 24 heavy (non-hydrogen) atoms. The Balaban J connectivity index is 2.08. The topological polar surface area (TPSA) is 41.8 Å². The Morgan fingerprint density at radius 2 is 1.62 bits per heavy atom. The van der Waals surface area contributed by atoms with Crippen LogP contribution in [0.15, 0.2) is 60.7 Å². The molecule has 0 saturated carbocycles. The Hall–Kier alpha value is -2.58. The molecular formula is C22H22N2. The van der Waals surface area contributed by atoms with Gasteiger partial charge < -0.3 is 10.7 Å². The number of benzene rings is 3. The van der Waals surface area contributed by atoms with Gasteiger partial charge in [-0.25, -0.2) is 0 Å². The van der Waals surface area contributed by atoms with Gasteiger partial charge in [0.1, 0.15) is 0 Å². The van der Waals surface area contributed by atoms with Crippen LogP contribution < -0.4 is 5.73 Å². The first-order chi connectivity index (χ1) is 11.8. The minimum atomic E-state index is 0.670. The van der Waals surface area contributed by atoms with Gasteiger partial charge in [0, 0.05) is 16.6 Å². The average molecular weight is 314 g/mol. The van der Waals surface area contributed by atoms with Gasteiger partial charge in [-0.3, -0.25) is 0 Å². The normalized spacial score (nSPS) is 11.4. The second-order valence-corrected chi connectivity index (χ2v) is 6.23. The minimum absolute atomic E-state index is 0.670. The van der Waals surface area contributed by atoms with E-state index in [1.807, 2.05) is 0 Å². The molecule has 4 aromatic rings. The van der Waals surface area contributed by atoms with Crippen molar-refractivity contribution in [1.29, 1.82) is 0 Å². The summed E-state index contributed by atoms with van der Waals surface area (Å²) in [5, 5.41) is 3.90. The van der Waals surface area contributed by atoms with Crippen LogP contribution in [0.5, 0.6) is 0 Å². The van der Waals surface area contributed by atoms with Crippen LogP contribution in [0.4, 0.5) is 0 Å². The number of rotatable bonds is 4. The fraction of sp³-hybridized carbons (Fsp3) is 0.182. The van der Waals surface area contributed by atoms with Crippen molar-refractivity contribution in [3.8, 4) is 11.1 Å². The van der Waals surface area contributed by atoms with Crippen molar-refractivity contribution in [2.45, 2.75) is 19.8 Å². The van der Waals surface area contributed by atoms with E-state index >= 15 is 0 Å². The zero-order valence-corrected chi connectivity index (χ0v) is 14.0. The fourth-order valence-electron chi connectivity index (χ4n) is 3.78. The van der Waals surface area contributed by atoms with Crippen molar-refractivity contribution in [2.75, 3.05) is 6.54 Å². The highest BCUT2D eigenvalue weighted by Gasteiger charge is 2.15. The first-order valence-corrected chi connectivity index (χ1v) is 8.64. The van der Waals surface area contributed by atoms with Crippen LogP contribution in [0.3, 0.4) is 0 Å². The Labute approximate surface area is 142 Å². The summed E-state index contributed by atoms with van der Waals surface area (Å²) in [5.41, 5.74) is 12.4. The van der Waals surface area contributed by atoms with Crippen LogP contribution in [-0.4, -0.2) is 11.5 Å². The van der Waals surface area contributed by atoms with Crippen molar-refractivity contribution in [3.05, 3.63) is 71.9 Å². The molecule has 4 rings (SSSR count). The number of H-pyrrole nitrogens is 1. The highest BCUT2D eigenvalue weighted by Crippen LogP contribution is 2.36. The van der Waals surface area contributed by atoms with Crippen LogP contribution in [0.25, 0.3) is 32.8 Å². The number of aryl methyl sites for hydroxylation is 1. The van der Waals surface area contributed by atoms with Crippen molar-refractivity contribution >= 4 is 21.7 Å². The van der Waals surface area contributed by atoms with Gasteiger partial charge in [-0.05, 0) is 52.9 Å². The summed E-state index contributed by atoms with van der Waals surface area (Å²) >= 11 is 0. The van der Waals surface area contributed by atoms with E-state index in [9.17, 15) is 0 Å². The zero-order chi connectivity index (χ0) is 16.5. The van der Waals surface area contributed by atoms with E-state index in [0.717, 1.165) is 12.8 Å². The van der Waals surface area contributed by atoms with Gasteiger partial charge in [0.25, 0.3) is 0 Å². The zero-order valence-electron chi connectivity index (χ0n) is 14.0. The molecule has 3 aromatic carbocycles. The first kappa shape index (κ1) is 15.0. The quantitative estimate of drug-likeness (QED) is 0.543. The third-order valence-corrected chi connectivity index (χ3v) is 4.84. The number of aromatic nitrogens is 1. The molecule has 0 atom stereocenters. The number of fused-ring (bicyclic) bond motifs is 2. The Morgan fingerprint density at radius 3 is 2.46 bits per heavy atom. The minimum Gasteiger partial charge on any atom is -0.358 e. The number of aromatic amines is 1. The summed E-state index contributed by atoms with van der Waals surface area (Å²) in [6.45, 7) is 2.87. The number of hydrogen-bond donors (Lipinski definition) is 2. The van der Waals surface area contributed by atoms with Crippen LogP contribution >= 0.6 is 0 Å². The second kappa shape index (κ2) is 6.14. The average Bonchev–Trinajstić information content (AvgIpc) is 2.99. The molecule has 0 saturated heterocycles. The molecule has 0 aliphatic carbocycles. The summed E-state index contributed by atoms with van der Waals surface area (Å²) in [5.74, 6) is 0. The van der Waals surface area contributed by atoms with Crippen LogP contribution in [0, 0.1) is 0 Å². The molecule has 0 fully saturated rings. The van der Waals surface area contributed by atoms with E-state index in [4.69, 9.17) is 5.73 Å². The Bertz CT molecular complexity index is 1010. The van der Waals surface area contributed by atoms with Crippen molar-refractivity contribution in [2.24, 2.45) is 5.73 Å². The standard InChI is InChI=1S/C22H22N2/c1-2-20-19(13-14-23)22-18(11-6-12-21(22)24-20)17-10-5-8-15-7-3-4-9-16(15)17/h3-12,24H,2,13-14,23H2,1H3.